The highest BCUT2D eigenvalue weighted by Gasteiger charge is 2.30. The third kappa shape index (κ3) is 5.46. The number of hydrogen-bond donors (Lipinski definition) is 1. The molecule has 30 heavy (non-hydrogen) atoms. The Kier molecular flexibility index (Phi) is 7.14. The van der Waals surface area contributed by atoms with Crippen molar-refractivity contribution in [2.24, 2.45) is 0 Å². The van der Waals surface area contributed by atoms with Crippen LogP contribution in [0.25, 0.3) is 0 Å². The number of sulfonamides is 1. The molecule has 0 amide bonds. The fourth-order valence-corrected chi connectivity index (χ4v) is 4.84. The van der Waals surface area contributed by atoms with Gasteiger partial charge in [0.1, 0.15) is 5.75 Å². The van der Waals surface area contributed by atoms with Gasteiger partial charge in [0.15, 0.2) is 0 Å². The van der Waals surface area contributed by atoms with Gasteiger partial charge >= 0.3 is 0 Å². The van der Waals surface area contributed by atoms with Gasteiger partial charge in [0, 0.05) is 15.6 Å². The highest BCUT2D eigenvalue weighted by atomic mass is 79.9. The highest BCUT2D eigenvalue weighted by Crippen LogP contribution is 2.41. The van der Waals surface area contributed by atoms with Crippen molar-refractivity contribution in [2.45, 2.75) is 63.7 Å². The minimum Gasteiger partial charge on any atom is -0.496 e. The molecule has 0 spiro atoms. The van der Waals surface area contributed by atoms with E-state index >= 15 is 0 Å². The lowest BCUT2D eigenvalue weighted by Crippen LogP contribution is -2.22. The third-order valence-electron chi connectivity index (χ3n) is 4.87. The summed E-state index contributed by atoms with van der Waals surface area (Å²) in [6.45, 7) is 16.1. The number of hydrogen-bond acceptors (Lipinski definition) is 3. The second-order valence-corrected chi connectivity index (χ2v) is 12.0. The van der Waals surface area contributed by atoms with Crippen molar-refractivity contribution in [2.75, 3.05) is 11.8 Å². The van der Waals surface area contributed by atoms with E-state index in [4.69, 9.17) is 4.74 Å². The van der Waals surface area contributed by atoms with Crippen LogP contribution in [0.2, 0.25) is 0 Å². The van der Waals surface area contributed by atoms with Crippen molar-refractivity contribution in [1.82, 2.24) is 0 Å². The molecule has 0 fully saturated rings. The molecule has 2 aromatic rings. The van der Waals surface area contributed by atoms with Gasteiger partial charge < -0.3 is 4.74 Å². The van der Waals surface area contributed by atoms with Crippen molar-refractivity contribution in [3.05, 3.63) is 64.1 Å². The van der Waals surface area contributed by atoms with E-state index < -0.39 is 10.0 Å². The van der Waals surface area contributed by atoms with Crippen LogP contribution in [0.5, 0.6) is 5.75 Å². The van der Waals surface area contributed by atoms with Gasteiger partial charge in [-0.05, 0) is 53.1 Å². The van der Waals surface area contributed by atoms with Crippen LogP contribution in [0, 0.1) is 0 Å². The molecule has 6 heteroatoms. The van der Waals surface area contributed by atoms with Crippen LogP contribution in [0.4, 0.5) is 5.69 Å². The van der Waals surface area contributed by atoms with Gasteiger partial charge in [-0.1, -0.05) is 63.5 Å². The Morgan fingerprint density at radius 3 is 2.00 bits per heavy atom. The van der Waals surface area contributed by atoms with E-state index in [2.05, 4.69) is 68.8 Å². The standard InChI is InChI=1S/C24H32BrNO3S/c1-9-10-16-13-17(25)11-12-21(16)26-30(27,28)18-14-19(23(2,3)4)22(29-8)20(15-18)24(5,6)7/h9,11-15,26H,1,10H2,2-8H3. The predicted molar refractivity (Wildman–Crippen MR) is 129 cm³/mol. The molecule has 0 bridgehead atoms. The lowest BCUT2D eigenvalue weighted by atomic mass is 9.79. The van der Waals surface area contributed by atoms with Gasteiger partial charge in [0.2, 0.25) is 0 Å². The smallest absolute Gasteiger partial charge is 0.261 e. The maximum absolute atomic E-state index is 13.4. The van der Waals surface area contributed by atoms with Crippen molar-refractivity contribution in [3.63, 3.8) is 0 Å². The number of halogens is 1. The first-order valence-corrected chi connectivity index (χ1v) is 12.1. The van der Waals surface area contributed by atoms with Gasteiger partial charge in [-0.25, -0.2) is 8.42 Å². The lowest BCUT2D eigenvalue weighted by molar-refractivity contribution is 0.380. The molecule has 0 aliphatic rings. The predicted octanol–water partition coefficient (Wildman–Crippen LogP) is 6.58. The zero-order chi connectivity index (χ0) is 22.9. The first-order valence-electron chi connectivity index (χ1n) is 9.86. The summed E-state index contributed by atoms with van der Waals surface area (Å²) in [4.78, 5) is 0.227. The molecule has 4 nitrogen and oxygen atoms in total. The Morgan fingerprint density at radius 1 is 1.03 bits per heavy atom. The quantitative estimate of drug-likeness (QED) is 0.462. The molecule has 2 aromatic carbocycles. The number of anilines is 1. The number of nitrogens with one attached hydrogen (secondary N) is 1. The van der Waals surface area contributed by atoms with E-state index in [0.717, 1.165) is 26.9 Å². The SMILES string of the molecule is C=CCc1cc(Br)ccc1NS(=O)(=O)c1cc(C(C)(C)C)c(OC)c(C(C)(C)C)c1. The molecule has 0 saturated heterocycles. The average Bonchev–Trinajstić information content (AvgIpc) is 2.61. The maximum atomic E-state index is 13.4. The van der Waals surface area contributed by atoms with Gasteiger partial charge in [-0.3, -0.25) is 4.72 Å². The summed E-state index contributed by atoms with van der Waals surface area (Å²) in [5.41, 5.74) is 2.54. The fourth-order valence-electron chi connectivity index (χ4n) is 3.28. The fraction of sp³-hybridized carbons (Fsp3) is 0.417. The molecule has 0 radical (unpaired) electrons. The topological polar surface area (TPSA) is 55.4 Å². The van der Waals surface area contributed by atoms with E-state index in [1.54, 1.807) is 31.4 Å². The Hall–Kier alpha value is -1.79. The van der Waals surface area contributed by atoms with Gasteiger partial charge in [0.05, 0.1) is 17.7 Å². The summed E-state index contributed by atoms with van der Waals surface area (Å²) in [6.07, 6.45) is 2.31. The van der Waals surface area contributed by atoms with Crippen molar-refractivity contribution < 1.29 is 13.2 Å². The molecular weight excluding hydrogens is 462 g/mol. The Balaban J connectivity index is 2.69. The van der Waals surface area contributed by atoms with E-state index in [-0.39, 0.29) is 15.7 Å². The Labute approximate surface area is 189 Å². The third-order valence-corrected chi connectivity index (χ3v) is 6.71. The summed E-state index contributed by atoms with van der Waals surface area (Å²) >= 11 is 3.44. The molecule has 2 rings (SSSR count). The number of allylic oxidation sites excluding steroid dienone is 1. The van der Waals surface area contributed by atoms with Crippen molar-refractivity contribution in [3.8, 4) is 5.75 Å². The average molecular weight is 494 g/mol. The van der Waals surface area contributed by atoms with Crippen LogP contribution < -0.4 is 9.46 Å². The lowest BCUT2D eigenvalue weighted by Gasteiger charge is -2.30. The normalized spacial score (nSPS) is 12.5. The number of methoxy groups -OCH3 is 1. The molecule has 0 atom stereocenters. The number of rotatable bonds is 6. The minimum absolute atomic E-state index is 0.227. The van der Waals surface area contributed by atoms with Crippen LogP contribution in [0.1, 0.15) is 58.2 Å². The zero-order valence-electron chi connectivity index (χ0n) is 18.9. The summed E-state index contributed by atoms with van der Waals surface area (Å²) in [7, 11) is -2.18. The van der Waals surface area contributed by atoms with E-state index in [0.29, 0.717) is 12.1 Å². The van der Waals surface area contributed by atoms with Gasteiger partial charge in [0.25, 0.3) is 10.0 Å². The zero-order valence-corrected chi connectivity index (χ0v) is 21.3. The van der Waals surface area contributed by atoms with Crippen molar-refractivity contribution >= 4 is 31.6 Å². The minimum atomic E-state index is -3.81. The Morgan fingerprint density at radius 2 is 1.57 bits per heavy atom. The summed E-state index contributed by atoms with van der Waals surface area (Å²) < 4.78 is 36.2. The van der Waals surface area contributed by atoms with Crippen molar-refractivity contribution in [1.29, 1.82) is 0 Å². The monoisotopic (exact) mass is 493 g/mol. The van der Waals surface area contributed by atoms with Crippen LogP contribution >= 0.6 is 15.9 Å². The van der Waals surface area contributed by atoms with E-state index in [1.165, 1.54) is 0 Å². The van der Waals surface area contributed by atoms with Crippen LogP contribution in [0.15, 0.2) is 52.4 Å². The summed E-state index contributed by atoms with van der Waals surface area (Å²) in [5.74, 6) is 0.741. The molecule has 0 aliphatic heterocycles. The molecule has 164 valence electrons. The number of benzene rings is 2. The van der Waals surface area contributed by atoms with Gasteiger partial charge in [-0.15, -0.1) is 6.58 Å². The molecule has 0 aromatic heterocycles. The second kappa shape index (κ2) is 8.75. The Bertz CT molecular complexity index is 1010. The molecule has 1 N–H and O–H groups in total. The molecule has 0 unspecified atom stereocenters. The molecule has 0 heterocycles. The highest BCUT2D eigenvalue weighted by molar-refractivity contribution is 9.10. The maximum Gasteiger partial charge on any atom is 0.261 e. The second-order valence-electron chi connectivity index (χ2n) is 9.45. The molecule has 0 aliphatic carbocycles. The van der Waals surface area contributed by atoms with Crippen LogP contribution in [0.3, 0.4) is 0 Å². The molecule has 0 saturated carbocycles. The molecular formula is C24H32BrNO3S. The first-order chi connectivity index (χ1) is 13.7. The number of ether oxygens (including phenoxy) is 1. The summed E-state index contributed by atoms with van der Waals surface area (Å²) in [5, 5.41) is 0. The van der Waals surface area contributed by atoms with E-state index in [1.807, 2.05) is 12.1 Å². The summed E-state index contributed by atoms with van der Waals surface area (Å²) in [6, 6.07) is 8.93. The van der Waals surface area contributed by atoms with Crippen LogP contribution in [-0.4, -0.2) is 15.5 Å². The van der Waals surface area contributed by atoms with Crippen LogP contribution in [-0.2, 0) is 27.3 Å². The largest absolute Gasteiger partial charge is 0.496 e. The van der Waals surface area contributed by atoms with E-state index in [9.17, 15) is 8.42 Å². The van der Waals surface area contributed by atoms with Gasteiger partial charge in [-0.2, -0.15) is 0 Å². The first kappa shape index (κ1) is 24.5.